The third-order valence-corrected chi connectivity index (χ3v) is 5.16. The SMILES string of the molecule is COC(=O)CCSCc1c(C(=O)NN)sc2ccccc12. The van der Waals surface area contributed by atoms with Crippen LogP contribution in [0.5, 0.6) is 0 Å². The minimum absolute atomic E-state index is 0.224. The van der Waals surface area contributed by atoms with Crippen LogP contribution in [-0.4, -0.2) is 24.7 Å². The molecule has 5 nitrogen and oxygen atoms in total. The number of hydrazine groups is 1. The number of thioether (sulfide) groups is 1. The zero-order chi connectivity index (χ0) is 15.2. The Morgan fingerprint density at radius 3 is 2.86 bits per heavy atom. The molecule has 1 heterocycles. The highest BCUT2D eigenvalue weighted by atomic mass is 32.2. The number of ether oxygens (including phenoxy) is 1. The van der Waals surface area contributed by atoms with Crippen LogP contribution in [0.15, 0.2) is 24.3 Å². The molecule has 0 aliphatic carbocycles. The Bertz CT molecular complexity index is 655. The van der Waals surface area contributed by atoms with Gasteiger partial charge < -0.3 is 4.74 Å². The number of amides is 1. The van der Waals surface area contributed by atoms with E-state index >= 15 is 0 Å². The maximum absolute atomic E-state index is 11.9. The van der Waals surface area contributed by atoms with Crippen molar-refractivity contribution in [1.29, 1.82) is 0 Å². The average molecular weight is 324 g/mol. The second kappa shape index (κ2) is 7.44. The monoisotopic (exact) mass is 324 g/mol. The zero-order valence-electron chi connectivity index (χ0n) is 11.5. The number of nitrogens with one attached hydrogen (secondary N) is 1. The number of esters is 1. The van der Waals surface area contributed by atoms with Gasteiger partial charge in [0.15, 0.2) is 0 Å². The van der Waals surface area contributed by atoms with Crippen LogP contribution < -0.4 is 11.3 Å². The van der Waals surface area contributed by atoms with E-state index < -0.39 is 0 Å². The molecular weight excluding hydrogens is 308 g/mol. The van der Waals surface area contributed by atoms with E-state index in [9.17, 15) is 9.59 Å². The number of methoxy groups -OCH3 is 1. The van der Waals surface area contributed by atoms with E-state index in [1.165, 1.54) is 18.4 Å². The lowest BCUT2D eigenvalue weighted by Gasteiger charge is -2.04. The highest BCUT2D eigenvalue weighted by molar-refractivity contribution is 7.98. The molecule has 0 spiro atoms. The molecule has 1 aromatic carbocycles. The summed E-state index contributed by atoms with van der Waals surface area (Å²) in [7, 11) is 1.38. The standard InChI is InChI=1S/C14H16N2O3S2/c1-19-12(17)6-7-20-8-10-9-4-2-3-5-11(9)21-13(10)14(18)16-15/h2-5H,6-8,15H2,1H3,(H,16,18). The smallest absolute Gasteiger partial charge is 0.306 e. The third kappa shape index (κ3) is 3.75. The summed E-state index contributed by atoms with van der Waals surface area (Å²) < 4.78 is 5.66. The van der Waals surface area contributed by atoms with Crippen molar-refractivity contribution >= 4 is 45.1 Å². The van der Waals surface area contributed by atoms with Crippen molar-refractivity contribution in [3.8, 4) is 0 Å². The number of thiophene rings is 1. The van der Waals surface area contributed by atoms with Crippen LogP contribution in [0.3, 0.4) is 0 Å². The topological polar surface area (TPSA) is 81.4 Å². The highest BCUT2D eigenvalue weighted by Gasteiger charge is 2.17. The molecule has 2 rings (SSSR count). The summed E-state index contributed by atoms with van der Waals surface area (Å²) in [6.07, 6.45) is 0.363. The fourth-order valence-electron chi connectivity index (χ4n) is 1.92. The Labute approximate surface area is 130 Å². The second-order valence-corrected chi connectivity index (χ2v) is 6.42. The van der Waals surface area contributed by atoms with Crippen LogP contribution in [0.4, 0.5) is 0 Å². The predicted octanol–water partition coefficient (Wildman–Crippen LogP) is 2.30. The molecule has 0 atom stereocenters. The molecule has 21 heavy (non-hydrogen) atoms. The van der Waals surface area contributed by atoms with Crippen molar-refractivity contribution in [2.45, 2.75) is 12.2 Å². The Morgan fingerprint density at radius 1 is 1.38 bits per heavy atom. The second-order valence-electron chi connectivity index (χ2n) is 4.26. The quantitative estimate of drug-likeness (QED) is 0.280. The van der Waals surface area contributed by atoms with Crippen LogP contribution in [0.2, 0.25) is 0 Å². The van der Waals surface area contributed by atoms with E-state index in [1.54, 1.807) is 11.8 Å². The van der Waals surface area contributed by atoms with Gasteiger partial charge in [0, 0.05) is 16.2 Å². The lowest BCUT2D eigenvalue weighted by Crippen LogP contribution is -2.29. The summed E-state index contributed by atoms with van der Waals surface area (Å²) in [6, 6.07) is 7.87. The predicted molar refractivity (Wildman–Crippen MR) is 86.3 cm³/mol. The minimum atomic E-state index is -0.278. The zero-order valence-corrected chi connectivity index (χ0v) is 13.2. The number of hydrogen-bond donors (Lipinski definition) is 2. The van der Waals surface area contributed by atoms with Crippen molar-refractivity contribution in [2.24, 2.45) is 5.84 Å². The van der Waals surface area contributed by atoms with Gasteiger partial charge in [-0.3, -0.25) is 15.0 Å². The van der Waals surface area contributed by atoms with Crippen molar-refractivity contribution < 1.29 is 14.3 Å². The summed E-state index contributed by atoms with van der Waals surface area (Å²) in [4.78, 5) is 23.6. The van der Waals surface area contributed by atoms with Crippen LogP contribution in [-0.2, 0) is 15.3 Å². The molecule has 0 radical (unpaired) electrons. The van der Waals surface area contributed by atoms with Gasteiger partial charge in [0.1, 0.15) is 0 Å². The van der Waals surface area contributed by atoms with Gasteiger partial charge in [-0.05, 0) is 17.0 Å². The molecule has 7 heteroatoms. The molecule has 1 amide bonds. The Kier molecular flexibility index (Phi) is 5.60. The average Bonchev–Trinajstić information content (AvgIpc) is 2.89. The Morgan fingerprint density at radius 2 is 2.14 bits per heavy atom. The number of benzene rings is 1. The van der Waals surface area contributed by atoms with E-state index in [-0.39, 0.29) is 11.9 Å². The van der Waals surface area contributed by atoms with E-state index in [0.29, 0.717) is 22.8 Å². The van der Waals surface area contributed by atoms with Crippen LogP contribution in [0.1, 0.15) is 21.7 Å². The number of rotatable bonds is 6. The molecule has 0 saturated heterocycles. The Hall–Kier alpha value is -1.57. The molecule has 3 N–H and O–H groups in total. The first kappa shape index (κ1) is 15.8. The van der Waals surface area contributed by atoms with Gasteiger partial charge in [-0.2, -0.15) is 11.8 Å². The van der Waals surface area contributed by atoms with Gasteiger partial charge >= 0.3 is 5.97 Å². The van der Waals surface area contributed by atoms with Crippen molar-refractivity contribution in [3.63, 3.8) is 0 Å². The normalized spacial score (nSPS) is 10.6. The number of carbonyl (C=O) groups is 2. The first-order valence-corrected chi connectivity index (χ1v) is 8.30. The fourth-order valence-corrected chi connectivity index (χ4v) is 4.10. The van der Waals surface area contributed by atoms with E-state index in [4.69, 9.17) is 5.84 Å². The van der Waals surface area contributed by atoms with Gasteiger partial charge in [0.2, 0.25) is 0 Å². The minimum Gasteiger partial charge on any atom is -0.469 e. The maximum atomic E-state index is 11.9. The van der Waals surface area contributed by atoms with E-state index in [2.05, 4.69) is 10.2 Å². The molecule has 0 bridgehead atoms. The van der Waals surface area contributed by atoms with Crippen molar-refractivity contribution in [1.82, 2.24) is 5.43 Å². The molecule has 0 aliphatic rings. The molecule has 1 aromatic heterocycles. The number of nitrogens with two attached hydrogens (primary N) is 1. The highest BCUT2D eigenvalue weighted by Crippen LogP contribution is 2.33. The molecule has 112 valence electrons. The lowest BCUT2D eigenvalue weighted by atomic mass is 10.1. The van der Waals surface area contributed by atoms with E-state index in [0.717, 1.165) is 15.6 Å². The molecule has 2 aromatic rings. The first-order chi connectivity index (χ1) is 10.2. The van der Waals surface area contributed by atoms with Crippen LogP contribution in [0, 0.1) is 0 Å². The first-order valence-electron chi connectivity index (χ1n) is 6.33. The molecule has 0 unspecified atom stereocenters. The van der Waals surface area contributed by atoms with Crippen LogP contribution >= 0.6 is 23.1 Å². The summed E-state index contributed by atoms with van der Waals surface area (Å²) in [5.74, 6) is 6.05. The van der Waals surface area contributed by atoms with Gasteiger partial charge in [-0.25, -0.2) is 5.84 Å². The van der Waals surface area contributed by atoms with E-state index in [1.807, 2.05) is 24.3 Å². The molecule has 0 fully saturated rings. The third-order valence-electron chi connectivity index (χ3n) is 2.96. The summed E-state index contributed by atoms with van der Waals surface area (Å²) in [5.41, 5.74) is 3.15. The van der Waals surface area contributed by atoms with Gasteiger partial charge in [0.25, 0.3) is 5.91 Å². The fraction of sp³-hybridized carbons (Fsp3) is 0.286. The number of hydrogen-bond acceptors (Lipinski definition) is 6. The van der Waals surface area contributed by atoms with Gasteiger partial charge in [-0.1, -0.05) is 18.2 Å². The largest absolute Gasteiger partial charge is 0.469 e. The number of nitrogen functional groups attached to an aromatic ring is 1. The molecule has 0 aliphatic heterocycles. The number of carbonyl (C=O) groups excluding carboxylic acids is 2. The van der Waals surface area contributed by atoms with Crippen molar-refractivity contribution in [3.05, 3.63) is 34.7 Å². The van der Waals surface area contributed by atoms with Gasteiger partial charge in [-0.15, -0.1) is 11.3 Å². The van der Waals surface area contributed by atoms with Crippen molar-refractivity contribution in [2.75, 3.05) is 12.9 Å². The summed E-state index contributed by atoms with van der Waals surface area (Å²) in [5, 5.41) is 1.06. The molecule has 0 saturated carbocycles. The lowest BCUT2D eigenvalue weighted by molar-refractivity contribution is -0.140. The Balaban J connectivity index is 2.16. The van der Waals surface area contributed by atoms with Crippen LogP contribution in [0.25, 0.3) is 10.1 Å². The van der Waals surface area contributed by atoms with Gasteiger partial charge in [0.05, 0.1) is 18.4 Å². The molecular formula is C14H16N2O3S2. The summed E-state index contributed by atoms with van der Waals surface area (Å²) >= 11 is 3.03. The summed E-state index contributed by atoms with van der Waals surface area (Å²) in [6.45, 7) is 0. The number of fused-ring (bicyclic) bond motifs is 1. The maximum Gasteiger partial charge on any atom is 0.306 e.